The van der Waals surface area contributed by atoms with E-state index in [-0.39, 0.29) is 22.4 Å². The van der Waals surface area contributed by atoms with E-state index >= 15 is 0 Å². The predicted molar refractivity (Wildman–Crippen MR) is 18.9 cm³/mol. The molecule has 0 spiro atoms. The summed E-state index contributed by atoms with van der Waals surface area (Å²) in [4.78, 5) is 16.3. The van der Waals surface area contributed by atoms with Gasteiger partial charge in [-0.25, -0.2) is 0 Å². The standard InChI is InChI=1S/CH2N2O4.Ag/c4-2(5)1-3(6)7;/h1H2;. The van der Waals surface area contributed by atoms with Crippen molar-refractivity contribution in [2.75, 3.05) is 6.67 Å². The third-order valence-corrected chi connectivity index (χ3v) is 0.231. The van der Waals surface area contributed by atoms with Gasteiger partial charge in [0.15, 0.2) is 0 Å². The van der Waals surface area contributed by atoms with Crippen LogP contribution < -0.4 is 0 Å². The van der Waals surface area contributed by atoms with E-state index in [4.69, 9.17) is 0 Å². The predicted octanol–water partition coefficient (Wildman–Crippen LogP) is -0.505. The molecule has 0 atom stereocenters. The first-order valence-corrected chi connectivity index (χ1v) is 1.36. The van der Waals surface area contributed by atoms with Crippen molar-refractivity contribution in [1.82, 2.24) is 0 Å². The average Bonchev–Trinajstić information content (AvgIpc) is 1.27. The summed E-state index contributed by atoms with van der Waals surface area (Å²) in [7, 11) is 0. The van der Waals surface area contributed by atoms with Gasteiger partial charge in [0.25, 0.3) is 0 Å². The Labute approximate surface area is 59.7 Å². The van der Waals surface area contributed by atoms with Crippen molar-refractivity contribution < 1.29 is 32.2 Å². The first kappa shape index (κ1) is 10.5. The number of hydrogen-bond donors (Lipinski definition) is 0. The van der Waals surface area contributed by atoms with Crippen LogP contribution in [0.25, 0.3) is 0 Å². The first-order chi connectivity index (χ1) is 3.13. The fourth-order valence-corrected chi connectivity index (χ4v) is 0.0943. The topological polar surface area (TPSA) is 86.3 Å². The summed E-state index contributed by atoms with van der Waals surface area (Å²) < 4.78 is 0. The molecule has 51 valence electrons. The van der Waals surface area contributed by atoms with E-state index in [2.05, 4.69) is 0 Å². The van der Waals surface area contributed by atoms with E-state index in [0.717, 1.165) is 0 Å². The number of nitro groups is 2. The Kier molecular flexibility index (Phi) is 6.16. The van der Waals surface area contributed by atoms with Crippen LogP contribution >= 0.6 is 0 Å². The second kappa shape index (κ2) is 4.69. The SMILES string of the molecule is O=[N+]([O-])C[N+](=O)[O-].[Ag]. The molecule has 0 amide bonds. The van der Waals surface area contributed by atoms with Gasteiger partial charge in [-0.2, -0.15) is 0 Å². The summed E-state index contributed by atoms with van der Waals surface area (Å²) in [6, 6.07) is 0. The summed E-state index contributed by atoms with van der Waals surface area (Å²) in [5.41, 5.74) is 0. The van der Waals surface area contributed by atoms with Gasteiger partial charge in [0.1, 0.15) is 0 Å². The second-order valence-corrected chi connectivity index (χ2v) is 0.807. The molecule has 0 saturated carbocycles. The van der Waals surface area contributed by atoms with E-state index in [0.29, 0.717) is 0 Å². The Morgan fingerprint density at radius 1 is 1.12 bits per heavy atom. The largest absolute Gasteiger partial charge is 0.442 e. The molecule has 0 rings (SSSR count). The van der Waals surface area contributed by atoms with Gasteiger partial charge in [0.05, 0.1) is 9.85 Å². The molecule has 1 radical (unpaired) electrons. The van der Waals surface area contributed by atoms with Crippen LogP contribution in [0.5, 0.6) is 0 Å². The Morgan fingerprint density at radius 2 is 1.38 bits per heavy atom. The van der Waals surface area contributed by atoms with Crippen molar-refractivity contribution in [3.8, 4) is 0 Å². The third kappa shape index (κ3) is 9.11. The normalized spacial score (nSPS) is 7.00. The minimum Gasteiger partial charge on any atom is -0.259 e. The van der Waals surface area contributed by atoms with Gasteiger partial charge in [-0.1, -0.05) is 0 Å². The molecule has 0 heterocycles. The molecule has 0 bridgehead atoms. The molecule has 6 nitrogen and oxygen atoms in total. The maximum absolute atomic E-state index is 9.17. The van der Waals surface area contributed by atoms with Gasteiger partial charge >= 0.3 is 6.67 Å². The molecule has 8 heavy (non-hydrogen) atoms. The molecule has 7 heteroatoms. The Bertz CT molecular complexity index is 90.2. The number of hydrogen-bond acceptors (Lipinski definition) is 4. The molecule has 0 N–H and O–H groups in total. The third-order valence-electron chi connectivity index (χ3n) is 0.231. The van der Waals surface area contributed by atoms with Gasteiger partial charge in [0, 0.05) is 22.4 Å². The van der Waals surface area contributed by atoms with E-state index in [1.54, 1.807) is 0 Å². The molecule has 0 aromatic rings. The van der Waals surface area contributed by atoms with Gasteiger partial charge < -0.3 is 0 Å². The number of nitrogens with zero attached hydrogens (tertiary/aromatic N) is 2. The number of rotatable bonds is 2. The Balaban J connectivity index is 0. The van der Waals surface area contributed by atoms with Crippen LogP contribution in [0.15, 0.2) is 0 Å². The van der Waals surface area contributed by atoms with Crippen LogP contribution in [0.4, 0.5) is 0 Å². The van der Waals surface area contributed by atoms with Crippen molar-refractivity contribution in [2.24, 2.45) is 0 Å². The van der Waals surface area contributed by atoms with Crippen LogP contribution in [-0.2, 0) is 22.4 Å². The van der Waals surface area contributed by atoms with Gasteiger partial charge in [-0.3, -0.25) is 20.2 Å². The Morgan fingerprint density at radius 3 is 1.38 bits per heavy atom. The minimum absolute atomic E-state index is 0. The quantitative estimate of drug-likeness (QED) is 0.268. The summed E-state index contributed by atoms with van der Waals surface area (Å²) in [6.45, 7) is -1.19. The molecule has 0 aromatic carbocycles. The van der Waals surface area contributed by atoms with Crippen molar-refractivity contribution in [3.05, 3.63) is 20.2 Å². The van der Waals surface area contributed by atoms with Gasteiger partial charge in [-0.05, 0) is 0 Å². The fourth-order valence-electron chi connectivity index (χ4n) is 0.0943. The van der Waals surface area contributed by atoms with E-state index < -0.39 is 16.5 Å². The molecule has 0 unspecified atom stereocenters. The molecular weight excluding hydrogens is 212 g/mol. The van der Waals surface area contributed by atoms with Gasteiger partial charge in [0.2, 0.25) is 0 Å². The van der Waals surface area contributed by atoms with E-state index in [1.807, 2.05) is 0 Å². The zero-order valence-corrected chi connectivity index (χ0v) is 5.02. The zero-order valence-electron chi connectivity index (χ0n) is 3.54. The molecule has 0 aromatic heterocycles. The molecule has 0 fully saturated rings. The van der Waals surface area contributed by atoms with E-state index in [1.165, 1.54) is 0 Å². The average molecular weight is 214 g/mol. The van der Waals surface area contributed by atoms with Crippen LogP contribution in [0.3, 0.4) is 0 Å². The van der Waals surface area contributed by atoms with Crippen molar-refractivity contribution >= 4 is 0 Å². The molecule has 0 aliphatic carbocycles. The zero-order chi connectivity index (χ0) is 5.86. The molecule has 0 saturated heterocycles. The maximum atomic E-state index is 9.17. The van der Waals surface area contributed by atoms with E-state index in [9.17, 15) is 20.2 Å². The van der Waals surface area contributed by atoms with Crippen LogP contribution in [0.2, 0.25) is 0 Å². The van der Waals surface area contributed by atoms with Crippen molar-refractivity contribution in [1.29, 1.82) is 0 Å². The van der Waals surface area contributed by atoms with Gasteiger partial charge in [-0.15, -0.1) is 0 Å². The van der Waals surface area contributed by atoms with Crippen LogP contribution in [0, 0.1) is 20.2 Å². The fraction of sp³-hybridized carbons (Fsp3) is 1.00. The van der Waals surface area contributed by atoms with Crippen molar-refractivity contribution in [3.63, 3.8) is 0 Å². The second-order valence-electron chi connectivity index (χ2n) is 0.807. The maximum Gasteiger partial charge on any atom is 0.442 e. The summed E-state index contributed by atoms with van der Waals surface area (Å²) in [5, 5.41) is 18.3. The van der Waals surface area contributed by atoms with Crippen LogP contribution in [-0.4, -0.2) is 16.5 Å². The monoisotopic (exact) mass is 213 g/mol. The summed E-state index contributed by atoms with van der Waals surface area (Å²) in [6.07, 6.45) is 0. The van der Waals surface area contributed by atoms with Crippen molar-refractivity contribution in [2.45, 2.75) is 0 Å². The molecule has 0 aliphatic heterocycles. The Hall–Kier alpha value is -0.460. The minimum atomic E-state index is -1.19. The summed E-state index contributed by atoms with van der Waals surface area (Å²) in [5.74, 6) is 0. The van der Waals surface area contributed by atoms with Crippen LogP contribution in [0.1, 0.15) is 0 Å². The first-order valence-electron chi connectivity index (χ1n) is 1.36. The smallest absolute Gasteiger partial charge is 0.259 e. The molecular formula is CH2AgN2O4. The molecule has 0 aliphatic rings. The summed E-state index contributed by atoms with van der Waals surface area (Å²) >= 11 is 0.